The third kappa shape index (κ3) is 4.40. The molecule has 0 aliphatic carbocycles. The molecule has 6 heteroatoms. The van der Waals surface area contributed by atoms with Crippen molar-refractivity contribution >= 4 is 28.8 Å². The van der Waals surface area contributed by atoms with Crippen LogP contribution in [0.4, 0.5) is 0 Å². The standard InChI is InChI=1S/C19H23ClN2O2S/c1-3-4-5-17-21-13(2)18(25-17)19(23)22-10-11-24-16(12-22)14-6-8-15(20)9-7-14/h6-9,16H,3-5,10-12H2,1-2H3. The molecule has 0 saturated carbocycles. The van der Waals surface area contributed by atoms with E-state index in [1.807, 2.05) is 36.1 Å². The zero-order valence-electron chi connectivity index (χ0n) is 14.6. The van der Waals surface area contributed by atoms with Crippen LogP contribution in [0.1, 0.15) is 51.8 Å². The Kier molecular flexibility index (Phi) is 6.10. The van der Waals surface area contributed by atoms with Crippen molar-refractivity contribution in [2.45, 2.75) is 39.2 Å². The van der Waals surface area contributed by atoms with Crippen molar-refractivity contribution in [1.82, 2.24) is 9.88 Å². The molecule has 0 bridgehead atoms. The molecule has 1 fully saturated rings. The van der Waals surface area contributed by atoms with Crippen molar-refractivity contribution in [1.29, 1.82) is 0 Å². The van der Waals surface area contributed by atoms with Crippen molar-refractivity contribution in [2.24, 2.45) is 0 Å². The van der Waals surface area contributed by atoms with Crippen LogP contribution in [-0.4, -0.2) is 35.5 Å². The van der Waals surface area contributed by atoms with E-state index in [4.69, 9.17) is 16.3 Å². The third-order valence-corrected chi connectivity index (χ3v) is 5.83. The number of morpholine rings is 1. The van der Waals surface area contributed by atoms with E-state index in [9.17, 15) is 4.79 Å². The minimum absolute atomic E-state index is 0.0695. The Bertz CT molecular complexity index is 730. The van der Waals surface area contributed by atoms with E-state index in [-0.39, 0.29) is 12.0 Å². The van der Waals surface area contributed by atoms with Crippen LogP contribution in [0, 0.1) is 6.92 Å². The largest absolute Gasteiger partial charge is 0.370 e. The Labute approximate surface area is 157 Å². The predicted molar refractivity (Wildman–Crippen MR) is 102 cm³/mol. The lowest BCUT2D eigenvalue weighted by atomic mass is 10.1. The first-order chi connectivity index (χ1) is 12.1. The Balaban J connectivity index is 1.71. The Morgan fingerprint density at radius 3 is 2.88 bits per heavy atom. The van der Waals surface area contributed by atoms with Gasteiger partial charge in [-0.15, -0.1) is 11.3 Å². The number of carbonyl (C=O) groups is 1. The molecule has 4 nitrogen and oxygen atoms in total. The van der Waals surface area contributed by atoms with Crippen LogP contribution in [0.3, 0.4) is 0 Å². The summed E-state index contributed by atoms with van der Waals surface area (Å²) in [5, 5.41) is 1.76. The lowest BCUT2D eigenvalue weighted by Gasteiger charge is -2.33. The molecule has 134 valence electrons. The van der Waals surface area contributed by atoms with Gasteiger partial charge in [0.1, 0.15) is 11.0 Å². The molecular weight excluding hydrogens is 356 g/mol. The Hall–Kier alpha value is -1.43. The molecule has 2 aromatic rings. The fourth-order valence-electron chi connectivity index (χ4n) is 2.94. The topological polar surface area (TPSA) is 42.4 Å². The fourth-order valence-corrected chi connectivity index (χ4v) is 4.14. The molecule has 3 rings (SSSR count). The summed E-state index contributed by atoms with van der Waals surface area (Å²) in [7, 11) is 0. The summed E-state index contributed by atoms with van der Waals surface area (Å²) in [6, 6.07) is 7.63. The number of aromatic nitrogens is 1. The SMILES string of the molecule is CCCCc1nc(C)c(C(=O)N2CCOC(c3ccc(Cl)cc3)C2)s1. The van der Waals surface area contributed by atoms with Gasteiger partial charge in [-0.2, -0.15) is 0 Å². The molecule has 1 atom stereocenters. The van der Waals surface area contributed by atoms with Gasteiger partial charge in [0, 0.05) is 11.6 Å². The normalized spacial score (nSPS) is 17.7. The molecule has 0 N–H and O–H groups in total. The molecule has 0 radical (unpaired) electrons. The second-order valence-corrected chi connectivity index (χ2v) is 7.81. The van der Waals surface area contributed by atoms with Crippen LogP contribution in [0.25, 0.3) is 0 Å². The quantitative estimate of drug-likeness (QED) is 0.759. The van der Waals surface area contributed by atoms with E-state index in [1.54, 1.807) is 0 Å². The van der Waals surface area contributed by atoms with Gasteiger partial charge in [-0.25, -0.2) is 4.98 Å². The highest BCUT2D eigenvalue weighted by molar-refractivity contribution is 7.13. The van der Waals surface area contributed by atoms with Gasteiger partial charge in [0.2, 0.25) is 0 Å². The number of amides is 1. The van der Waals surface area contributed by atoms with Crippen LogP contribution >= 0.6 is 22.9 Å². The summed E-state index contributed by atoms with van der Waals surface area (Å²) in [5.74, 6) is 0.0695. The molecule has 1 saturated heterocycles. The van der Waals surface area contributed by atoms with Gasteiger partial charge in [0.15, 0.2) is 0 Å². The van der Waals surface area contributed by atoms with Crippen molar-refractivity contribution < 1.29 is 9.53 Å². The minimum Gasteiger partial charge on any atom is -0.370 e. The summed E-state index contributed by atoms with van der Waals surface area (Å²) in [6.45, 7) is 5.81. The van der Waals surface area contributed by atoms with Gasteiger partial charge in [-0.3, -0.25) is 4.79 Å². The average molecular weight is 379 g/mol. The molecule has 1 unspecified atom stereocenters. The van der Waals surface area contributed by atoms with E-state index in [0.717, 1.165) is 40.4 Å². The van der Waals surface area contributed by atoms with Gasteiger partial charge in [0.05, 0.1) is 23.9 Å². The minimum atomic E-state index is -0.109. The van der Waals surface area contributed by atoms with Crippen LogP contribution in [0.2, 0.25) is 5.02 Å². The molecule has 1 aliphatic heterocycles. The van der Waals surface area contributed by atoms with Crippen molar-refractivity contribution in [2.75, 3.05) is 19.7 Å². The summed E-state index contributed by atoms with van der Waals surface area (Å²) >= 11 is 7.49. The smallest absolute Gasteiger partial charge is 0.266 e. The second kappa shape index (κ2) is 8.30. The highest BCUT2D eigenvalue weighted by Gasteiger charge is 2.28. The van der Waals surface area contributed by atoms with Crippen molar-refractivity contribution in [3.8, 4) is 0 Å². The molecule has 1 aromatic carbocycles. The van der Waals surface area contributed by atoms with E-state index in [1.165, 1.54) is 11.3 Å². The molecule has 1 aromatic heterocycles. The van der Waals surface area contributed by atoms with Crippen LogP contribution in [0.5, 0.6) is 0 Å². The Morgan fingerprint density at radius 2 is 2.16 bits per heavy atom. The first-order valence-electron chi connectivity index (χ1n) is 8.71. The molecule has 1 amide bonds. The van der Waals surface area contributed by atoms with Crippen LogP contribution in [0.15, 0.2) is 24.3 Å². The fraction of sp³-hybridized carbons (Fsp3) is 0.474. The van der Waals surface area contributed by atoms with E-state index < -0.39 is 0 Å². The number of nitrogens with zero attached hydrogens (tertiary/aromatic N) is 2. The number of hydrogen-bond donors (Lipinski definition) is 0. The number of thiazole rings is 1. The maximum Gasteiger partial charge on any atom is 0.266 e. The number of carbonyl (C=O) groups excluding carboxylic acids is 1. The maximum atomic E-state index is 13.0. The van der Waals surface area contributed by atoms with Gasteiger partial charge >= 0.3 is 0 Å². The second-order valence-electron chi connectivity index (χ2n) is 6.29. The van der Waals surface area contributed by atoms with Gasteiger partial charge < -0.3 is 9.64 Å². The van der Waals surface area contributed by atoms with Crippen LogP contribution < -0.4 is 0 Å². The first-order valence-corrected chi connectivity index (χ1v) is 9.90. The summed E-state index contributed by atoms with van der Waals surface area (Å²) in [5.41, 5.74) is 1.89. The number of benzene rings is 1. The maximum absolute atomic E-state index is 13.0. The van der Waals surface area contributed by atoms with Gasteiger partial charge in [-0.05, 0) is 37.5 Å². The van der Waals surface area contributed by atoms with Crippen LogP contribution in [-0.2, 0) is 11.2 Å². The van der Waals surface area contributed by atoms with E-state index in [2.05, 4.69) is 11.9 Å². The highest BCUT2D eigenvalue weighted by atomic mass is 35.5. The zero-order valence-corrected chi connectivity index (χ0v) is 16.2. The molecule has 1 aliphatic rings. The zero-order chi connectivity index (χ0) is 17.8. The summed E-state index contributed by atoms with van der Waals surface area (Å²) in [4.78, 5) is 20.2. The number of unbranched alkanes of at least 4 members (excludes halogenated alkanes) is 1. The Morgan fingerprint density at radius 1 is 1.40 bits per heavy atom. The van der Waals surface area contributed by atoms with Crippen molar-refractivity contribution in [3.63, 3.8) is 0 Å². The monoisotopic (exact) mass is 378 g/mol. The number of rotatable bonds is 5. The average Bonchev–Trinajstić information content (AvgIpc) is 3.00. The lowest BCUT2D eigenvalue weighted by Crippen LogP contribution is -2.42. The van der Waals surface area contributed by atoms with Gasteiger partial charge in [-0.1, -0.05) is 37.1 Å². The number of aryl methyl sites for hydroxylation is 2. The molecule has 0 spiro atoms. The number of hydrogen-bond acceptors (Lipinski definition) is 4. The highest BCUT2D eigenvalue weighted by Crippen LogP contribution is 2.27. The number of halogens is 1. The van der Waals surface area contributed by atoms with Gasteiger partial charge in [0.25, 0.3) is 5.91 Å². The summed E-state index contributed by atoms with van der Waals surface area (Å²) < 4.78 is 5.86. The van der Waals surface area contributed by atoms with E-state index >= 15 is 0 Å². The number of ether oxygens (including phenoxy) is 1. The summed E-state index contributed by atoms with van der Waals surface area (Å²) in [6.07, 6.45) is 3.08. The third-order valence-electron chi connectivity index (χ3n) is 4.37. The first kappa shape index (κ1) is 18.4. The lowest BCUT2D eigenvalue weighted by molar-refractivity contribution is -0.0226. The van der Waals surface area contributed by atoms with Crippen molar-refractivity contribution in [3.05, 3.63) is 50.4 Å². The molecule has 2 heterocycles. The molecular formula is C19H23ClN2O2S. The van der Waals surface area contributed by atoms with E-state index in [0.29, 0.717) is 24.7 Å². The predicted octanol–water partition coefficient (Wildman–Crippen LogP) is 4.66. The molecule has 25 heavy (non-hydrogen) atoms.